The Labute approximate surface area is 182 Å². The summed E-state index contributed by atoms with van der Waals surface area (Å²) >= 11 is 7.34. The maximum absolute atomic E-state index is 12.4. The number of furan rings is 1. The quantitative estimate of drug-likeness (QED) is 0.301. The maximum atomic E-state index is 12.4. The van der Waals surface area contributed by atoms with Crippen LogP contribution in [0.15, 0.2) is 70.8 Å². The highest BCUT2D eigenvalue weighted by atomic mass is 35.5. The molecule has 4 aromatic rings. The fourth-order valence-corrected chi connectivity index (χ4v) is 3.88. The monoisotopic (exact) mass is 438 g/mol. The van der Waals surface area contributed by atoms with E-state index in [1.54, 1.807) is 18.2 Å². The van der Waals surface area contributed by atoms with Gasteiger partial charge in [-0.3, -0.25) is 9.36 Å². The van der Waals surface area contributed by atoms with Gasteiger partial charge >= 0.3 is 0 Å². The number of para-hydroxylation sites is 1. The fourth-order valence-electron chi connectivity index (χ4n) is 3.01. The lowest BCUT2D eigenvalue weighted by atomic mass is 10.2. The van der Waals surface area contributed by atoms with E-state index in [0.29, 0.717) is 34.0 Å². The van der Waals surface area contributed by atoms with Crippen LogP contribution >= 0.6 is 23.4 Å². The molecule has 0 saturated carbocycles. The number of anilines is 1. The van der Waals surface area contributed by atoms with Crippen molar-refractivity contribution in [1.29, 1.82) is 0 Å². The van der Waals surface area contributed by atoms with E-state index in [1.165, 1.54) is 11.8 Å². The minimum Gasteiger partial charge on any atom is -0.453 e. The van der Waals surface area contributed by atoms with E-state index >= 15 is 0 Å². The zero-order valence-electron chi connectivity index (χ0n) is 16.3. The molecule has 0 aliphatic heterocycles. The zero-order valence-corrected chi connectivity index (χ0v) is 17.8. The molecule has 30 heavy (non-hydrogen) atoms. The van der Waals surface area contributed by atoms with Gasteiger partial charge in [0.25, 0.3) is 0 Å². The third-order valence-electron chi connectivity index (χ3n) is 4.45. The van der Waals surface area contributed by atoms with Gasteiger partial charge < -0.3 is 9.73 Å². The van der Waals surface area contributed by atoms with Gasteiger partial charge in [-0.25, -0.2) is 0 Å². The van der Waals surface area contributed by atoms with Crippen molar-refractivity contribution in [3.63, 3.8) is 0 Å². The number of nitrogens with zero attached hydrogens (tertiary/aromatic N) is 3. The van der Waals surface area contributed by atoms with Crippen LogP contribution in [0.5, 0.6) is 0 Å². The number of carbonyl (C=O) groups excluding carboxylic acids is 1. The smallest absolute Gasteiger partial charge is 0.234 e. The first-order valence-electron chi connectivity index (χ1n) is 9.27. The van der Waals surface area contributed by atoms with Gasteiger partial charge in [0.1, 0.15) is 5.58 Å². The number of halogens is 1. The number of allylic oxidation sites excluding steroid dienone is 1. The molecule has 8 heteroatoms. The molecule has 0 radical (unpaired) electrons. The number of aryl methyl sites for hydroxylation is 1. The second-order valence-corrected chi connectivity index (χ2v) is 8.00. The molecule has 2 aromatic carbocycles. The number of amides is 1. The molecule has 2 heterocycles. The van der Waals surface area contributed by atoms with E-state index in [2.05, 4.69) is 22.1 Å². The molecule has 6 nitrogen and oxygen atoms in total. The van der Waals surface area contributed by atoms with Crippen LogP contribution in [0, 0.1) is 6.92 Å². The van der Waals surface area contributed by atoms with Crippen molar-refractivity contribution in [2.45, 2.75) is 18.6 Å². The molecule has 0 bridgehead atoms. The SMILES string of the molecule is C=CCn1c(SCC(=O)Nc2ccc(Cl)c(C)c2)nnc1-c1cc2ccccc2o1. The third kappa shape index (κ3) is 4.27. The number of fused-ring (bicyclic) bond motifs is 1. The van der Waals surface area contributed by atoms with Gasteiger partial charge in [0.15, 0.2) is 10.9 Å². The largest absolute Gasteiger partial charge is 0.453 e. The fraction of sp³-hybridized carbons (Fsp3) is 0.136. The van der Waals surface area contributed by atoms with Crippen molar-refractivity contribution < 1.29 is 9.21 Å². The van der Waals surface area contributed by atoms with Gasteiger partial charge in [0, 0.05) is 22.6 Å². The van der Waals surface area contributed by atoms with Gasteiger partial charge in [-0.2, -0.15) is 0 Å². The van der Waals surface area contributed by atoms with Crippen molar-refractivity contribution in [3.05, 3.63) is 71.8 Å². The van der Waals surface area contributed by atoms with Crippen LogP contribution in [-0.4, -0.2) is 26.4 Å². The summed E-state index contributed by atoms with van der Waals surface area (Å²) in [6.07, 6.45) is 1.76. The van der Waals surface area contributed by atoms with E-state index in [1.807, 2.05) is 47.9 Å². The van der Waals surface area contributed by atoms with Crippen LogP contribution < -0.4 is 5.32 Å². The number of hydrogen-bond acceptors (Lipinski definition) is 5. The van der Waals surface area contributed by atoms with Gasteiger partial charge in [-0.05, 0) is 42.8 Å². The molecule has 2 aromatic heterocycles. The normalized spacial score (nSPS) is 11.0. The summed E-state index contributed by atoms with van der Waals surface area (Å²) in [6.45, 7) is 6.21. The van der Waals surface area contributed by atoms with Crippen molar-refractivity contribution in [2.75, 3.05) is 11.1 Å². The van der Waals surface area contributed by atoms with E-state index < -0.39 is 0 Å². The maximum Gasteiger partial charge on any atom is 0.234 e. The first-order valence-corrected chi connectivity index (χ1v) is 10.6. The molecule has 0 fully saturated rings. The number of thioether (sulfide) groups is 1. The summed E-state index contributed by atoms with van der Waals surface area (Å²) in [5.41, 5.74) is 2.40. The zero-order chi connectivity index (χ0) is 21.1. The van der Waals surface area contributed by atoms with E-state index in [0.717, 1.165) is 16.5 Å². The number of aromatic nitrogens is 3. The lowest BCUT2D eigenvalue weighted by Gasteiger charge is -2.08. The highest BCUT2D eigenvalue weighted by Crippen LogP contribution is 2.29. The van der Waals surface area contributed by atoms with Crippen molar-refractivity contribution in [3.8, 4) is 11.6 Å². The lowest BCUT2D eigenvalue weighted by Crippen LogP contribution is -2.14. The van der Waals surface area contributed by atoms with Crippen LogP contribution in [0.3, 0.4) is 0 Å². The minimum absolute atomic E-state index is 0.139. The summed E-state index contributed by atoms with van der Waals surface area (Å²) in [7, 11) is 0. The highest BCUT2D eigenvalue weighted by Gasteiger charge is 2.18. The van der Waals surface area contributed by atoms with Gasteiger partial charge in [0.2, 0.25) is 11.7 Å². The molecule has 1 N–H and O–H groups in total. The predicted molar refractivity (Wildman–Crippen MR) is 121 cm³/mol. The van der Waals surface area contributed by atoms with Crippen molar-refractivity contribution in [2.24, 2.45) is 0 Å². The second kappa shape index (κ2) is 8.77. The lowest BCUT2D eigenvalue weighted by molar-refractivity contribution is -0.113. The Morgan fingerprint density at radius 1 is 1.27 bits per heavy atom. The molecule has 0 unspecified atom stereocenters. The van der Waals surface area contributed by atoms with E-state index in [4.69, 9.17) is 16.0 Å². The Hall–Kier alpha value is -3.03. The average Bonchev–Trinajstić information content (AvgIpc) is 3.33. The molecular weight excluding hydrogens is 420 g/mol. The van der Waals surface area contributed by atoms with Gasteiger partial charge in [-0.1, -0.05) is 47.6 Å². The number of benzene rings is 2. The number of rotatable bonds is 7. The summed E-state index contributed by atoms with van der Waals surface area (Å²) in [5.74, 6) is 1.28. The Morgan fingerprint density at radius 3 is 2.87 bits per heavy atom. The number of nitrogens with one attached hydrogen (secondary N) is 1. The summed E-state index contributed by atoms with van der Waals surface area (Å²) in [4.78, 5) is 12.4. The first kappa shape index (κ1) is 20.3. The first-order chi connectivity index (χ1) is 14.5. The van der Waals surface area contributed by atoms with E-state index in [-0.39, 0.29) is 11.7 Å². The second-order valence-electron chi connectivity index (χ2n) is 6.65. The molecule has 0 aliphatic carbocycles. The summed E-state index contributed by atoms with van der Waals surface area (Å²) < 4.78 is 7.81. The topological polar surface area (TPSA) is 73.0 Å². The Morgan fingerprint density at radius 2 is 2.10 bits per heavy atom. The average molecular weight is 439 g/mol. The Bertz CT molecular complexity index is 1200. The molecule has 1 amide bonds. The molecule has 0 spiro atoms. The van der Waals surface area contributed by atoms with Crippen molar-refractivity contribution in [1.82, 2.24) is 14.8 Å². The third-order valence-corrected chi connectivity index (χ3v) is 5.84. The highest BCUT2D eigenvalue weighted by molar-refractivity contribution is 7.99. The summed E-state index contributed by atoms with van der Waals surface area (Å²) in [5, 5.41) is 13.7. The van der Waals surface area contributed by atoms with Crippen LogP contribution in [0.2, 0.25) is 5.02 Å². The van der Waals surface area contributed by atoms with Crippen LogP contribution in [0.25, 0.3) is 22.6 Å². The van der Waals surface area contributed by atoms with Crippen molar-refractivity contribution >= 4 is 45.9 Å². The van der Waals surface area contributed by atoms with Crippen LogP contribution in [-0.2, 0) is 11.3 Å². The Balaban J connectivity index is 1.50. The number of hydrogen-bond donors (Lipinski definition) is 1. The standard InChI is InChI=1S/C22H19ClN4O2S/c1-3-10-27-21(19-12-15-6-4-5-7-18(15)29-19)25-26-22(27)30-13-20(28)24-16-8-9-17(23)14(2)11-16/h3-9,11-12H,1,10,13H2,2H3,(H,24,28). The molecule has 0 saturated heterocycles. The molecular formula is C22H19ClN4O2S. The van der Waals surface area contributed by atoms with E-state index in [9.17, 15) is 4.79 Å². The minimum atomic E-state index is -0.139. The van der Waals surface area contributed by atoms with Crippen LogP contribution in [0.4, 0.5) is 5.69 Å². The molecule has 0 aliphatic rings. The summed E-state index contributed by atoms with van der Waals surface area (Å²) in [6, 6.07) is 15.1. The van der Waals surface area contributed by atoms with Crippen LogP contribution in [0.1, 0.15) is 5.56 Å². The predicted octanol–water partition coefficient (Wildman–Crippen LogP) is 5.57. The Kier molecular flexibility index (Phi) is 5.92. The molecule has 4 rings (SSSR count). The molecule has 152 valence electrons. The number of carbonyl (C=O) groups is 1. The molecule has 0 atom stereocenters. The van der Waals surface area contributed by atoms with Gasteiger partial charge in [-0.15, -0.1) is 16.8 Å². The van der Waals surface area contributed by atoms with Gasteiger partial charge in [0.05, 0.1) is 5.75 Å².